The molecule has 0 saturated carbocycles. The standard InChI is InChI=1S/C19H20FN7O/c1-26(2)17-7-18(27(3)25-17)28-16-6-12(8-21)4-5-14(16)19-23-10-13(11-24-19)15(20)9-22/h4-7,10-11,15H,9,22H2,1-3H3/t15-/m1/s1. The third-order valence-corrected chi connectivity index (χ3v) is 4.09. The number of hydrogen-bond acceptors (Lipinski definition) is 7. The highest BCUT2D eigenvalue weighted by Gasteiger charge is 2.16. The quantitative estimate of drug-likeness (QED) is 0.699. The minimum absolute atomic E-state index is 0.136. The summed E-state index contributed by atoms with van der Waals surface area (Å²) in [6, 6.07) is 8.81. The van der Waals surface area contributed by atoms with Crippen molar-refractivity contribution in [2.24, 2.45) is 12.8 Å². The van der Waals surface area contributed by atoms with Gasteiger partial charge in [0.05, 0.1) is 17.2 Å². The number of nitrogens with two attached hydrogens (primary N) is 1. The fraction of sp³-hybridized carbons (Fsp3) is 0.263. The van der Waals surface area contributed by atoms with Gasteiger partial charge < -0.3 is 15.4 Å². The van der Waals surface area contributed by atoms with Crippen LogP contribution in [0.15, 0.2) is 36.7 Å². The van der Waals surface area contributed by atoms with Gasteiger partial charge >= 0.3 is 0 Å². The Morgan fingerprint density at radius 1 is 1.29 bits per heavy atom. The molecule has 28 heavy (non-hydrogen) atoms. The molecule has 8 nitrogen and oxygen atoms in total. The Kier molecular flexibility index (Phi) is 5.52. The van der Waals surface area contributed by atoms with Crippen LogP contribution < -0.4 is 15.4 Å². The number of ether oxygens (including phenoxy) is 1. The fourth-order valence-corrected chi connectivity index (χ4v) is 2.50. The van der Waals surface area contributed by atoms with Gasteiger partial charge in [-0.25, -0.2) is 19.0 Å². The predicted molar refractivity (Wildman–Crippen MR) is 103 cm³/mol. The van der Waals surface area contributed by atoms with Crippen LogP contribution in [0.5, 0.6) is 11.6 Å². The molecule has 0 fully saturated rings. The molecule has 3 aromatic rings. The molecule has 0 aliphatic rings. The lowest BCUT2D eigenvalue weighted by Crippen LogP contribution is -2.09. The number of aromatic nitrogens is 4. The molecule has 0 spiro atoms. The molecule has 0 amide bonds. The number of nitrogens with zero attached hydrogens (tertiary/aromatic N) is 6. The summed E-state index contributed by atoms with van der Waals surface area (Å²) in [7, 11) is 5.51. The van der Waals surface area contributed by atoms with Crippen LogP contribution in [0.2, 0.25) is 0 Å². The first kappa shape index (κ1) is 19.3. The van der Waals surface area contributed by atoms with Gasteiger partial charge in [-0.1, -0.05) is 0 Å². The van der Waals surface area contributed by atoms with Crippen LogP contribution in [-0.2, 0) is 7.05 Å². The van der Waals surface area contributed by atoms with E-state index in [0.29, 0.717) is 34.1 Å². The van der Waals surface area contributed by atoms with Crippen LogP contribution in [0.25, 0.3) is 11.4 Å². The number of rotatable bonds is 6. The summed E-state index contributed by atoms with van der Waals surface area (Å²) in [5.41, 5.74) is 6.65. The number of benzene rings is 1. The van der Waals surface area contributed by atoms with Crippen LogP contribution in [0.1, 0.15) is 17.3 Å². The second kappa shape index (κ2) is 8.02. The van der Waals surface area contributed by atoms with E-state index in [2.05, 4.69) is 21.1 Å². The summed E-state index contributed by atoms with van der Waals surface area (Å²) in [6.45, 7) is -0.136. The van der Waals surface area contributed by atoms with Crippen molar-refractivity contribution in [3.63, 3.8) is 0 Å². The number of halogens is 1. The molecule has 2 N–H and O–H groups in total. The molecule has 2 aromatic heterocycles. The lowest BCUT2D eigenvalue weighted by Gasteiger charge is -2.11. The Morgan fingerprint density at radius 2 is 2.00 bits per heavy atom. The van der Waals surface area contributed by atoms with E-state index in [1.165, 1.54) is 12.4 Å². The summed E-state index contributed by atoms with van der Waals surface area (Å²) in [6.07, 6.45) is 1.48. The maximum absolute atomic E-state index is 13.7. The molecule has 2 heterocycles. The average Bonchev–Trinajstić information content (AvgIpc) is 3.08. The Bertz CT molecular complexity index is 1010. The van der Waals surface area contributed by atoms with Gasteiger partial charge in [-0.05, 0) is 18.2 Å². The number of aryl methyl sites for hydroxylation is 1. The van der Waals surface area contributed by atoms with Crippen LogP contribution in [0, 0.1) is 11.3 Å². The number of nitriles is 1. The molecule has 0 bridgehead atoms. The number of alkyl halides is 1. The van der Waals surface area contributed by atoms with Crippen molar-refractivity contribution in [1.82, 2.24) is 19.7 Å². The first-order valence-corrected chi connectivity index (χ1v) is 8.52. The van der Waals surface area contributed by atoms with E-state index in [9.17, 15) is 9.65 Å². The van der Waals surface area contributed by atoms with Crippen LogP contribution in [-0.4, -0.2) is 40.4 Å². The van der Waals surface area contributed by atoms with Crippen LogP contribution >= 0.6 is 0 Å². The molecule has 3 rings (SSSR count). The van der Waals surface area contributed by atoms with Crippen molar-refractivity contribution in [3.8, 4) is 29.1 Å². The average molecular weight is 381 g/mol. The van der Waals surface area contributed by atoms with E-state index in [1.807, 2.05) is 19.0 Å². The normalized spacial score (nSPS) is 11.7. The highest BCUT2D eigenvalue weighted by atomic mass is 19.1. The minimum atomic E-state index is -1.32. The Morgan fingerprint density at radius 3 is 2.57 bits per heavy atom. The van der Waals surface area contributed by atoms with Gasteiger partial charge in [0.2, 0.25) is 5.88 Å². The molecule has 144 valence electrons. The fourth-order valence-electron chi connectivity index (χ4n) is 2.50. The molecule has 0 aliphatic heterocycles. The van der Waals surface area contributed by atoms with Crippen molar-refractivity contribution in [1.29, 1.82) is 5.26 Å². The maximum Gasteiger partial charge on any atom is 0.219 e. The molecule has 1 aromatic carbocycles. The number of anilines is 1. The molecular formula is C19H20FN7O. The Balaban J connectivity index is 2.00. The van der Waals surface area contributed by atoms with E-state index >= 15 is 0 Å². The topological polar surface area (TPSA) is 106 Å². The predicted octanol–water partition coefficient (Wildman–Crippen LogP) is 2.58. The largest absolute Gasteiger partial charge is 0.438 e. The summed E-state index contributed by atoms with van der Waals surface area (Å²) < 4.78 is 21.3. The van der Waals surface area contributed by atoms with E-state index in [1.54, 1.807) is 36.0 Å². The Labute approximate surface area is 162 Å². The van der Waals surface area contributed by atoms with Gasteiger partial charge in [0.15, 0.2) is 11.6 Å². The monoisotopic (exact) mass is 381 g/mol. The maximum atomic E-state index is 13.7. The Hall–Kier alpha value is -3.51. The first-order valence-electron chi connectivity index (χ1n) is 8.52. The molecule has 1 atom stereocenters. The van der Waals surface area contributed by atoms with Crippen LogP contribution in [0.3, 0.4) is 0 Å². The van der Waals surface area contributed by atoms with Gasteiger partial charge in [0.25, 0.3) is 0 Å². The van der Waals surface area contributed by atoms with Gasteiger partial charge in [0, 0.05) is 51.7 Å². The van der Waals surface area contributed by atoms with E-state index in [4.69, 9.17) is 10.5 Å². The van der Waals surface area contributed by atoms with E-state index in [0.717, 1.165) is 5.82 Å². The highest BCUT2D eigenvalue weighted by molar-refractivity contribution is 5.66. The van der Waals surface area contributed by atoms with Gasteiger partial charge in [-0.3, -0.25) is 0 Å². The smallest absolute Gasteiger partial charge is 0.219 e. The van der Waals surface area contributed by atoms with E-state index < -0.39 is 6.17 Å². The molecule has 0 saturated heterocycles. The number of hydrogen-bond donors (Lipinski definition) is 1. The van der Waals surface area contributed by atoms with Crippen LogP contribution in [0.4, 0.5) is 10.2 Å². The zero-order chi connectivity index (χ0) is 20.3. The second-order valence-electron chi connectivity index (χ2n) is 6.33. The van der Waals surface area contributed by atoms with Gasteiger partial charge in [-0.15, -0.1) is 0 Å². The zero-order valence-corrected chi connectivity index (χ0v) is 15.8. The SMILES string of the molecule is CN(C)c1cc(Oc2cc(C#N)ccc2-c2ncc([C@H](F)CN)cn2)n(C)n1. The molecular weight excluding hydrogens is 361 g/mol. The van der Waals surface area contributed by atoms with Crippen molar-refractivity contribution >= 4 is 5.82 Å². The van der Waals surface area contributed by atoms with Crippen molar-refractivity contribution < 1.29 is 9.13 Å². The highest BCUT2D eigenvalue weighted by Crippen LogP contribution is 2.33. The molecule has 0 unspecified atom stereocenters. The molecule has 0 radical (unpaired) electrons. The van der Waals surface area contributed by atoms with Gasteiger partial charge in [-0.2, -0.15) is 10.4 Å². The summed E-state index contributed by atoms with van der Waals surface area (Å²) in [5.74, 6) is 1.97. The van der Waals surface area contributed by atoms with Crippen molar-refractivity contribution in [2.45, 2.75) is 6.17 Å². The first-order chi connectivity index (χ1) is 13.4. The summed E-state index contributed by atoms with van der Waals surface area (Å²) in [5, 5.41) is 13.6. The van der Waals surface area contributed by atoms with E-state index in [-0.39, 0.29) is 6.54 Å². The minimum Gasteiger partial charge on any atom is -0.438 e. The van der Waals surface area contributed by atoms with Crippen molar-refractivity contribution in [2.75, 3.05) is 25.5 Å². The molecule has 0 aliphatic carbocycles. The van der Waals surface area contributed by atoms with Crippen molar-refractivity contribution in [3.05, 3.63) is 47.8 Å². The van der Waals surface area contributed by atoms with Gasteiger partial charge in [0.1, 0.15) is 11.9 Å². The molecule has 9 heteroatoms. The summed E-state index contributed by atoms with van der Waals surface area (Å²) in [4.78, 5) is 10.3. The third-order valence-electron chi connectivity index (χ3n) is 4.09. The lowest BCUT2D eigenvalue weighted by atomic mass is 10.1. The second-order valence-corrected chi connectivity index (χ2v) is 6.33. The summed E-state index contributed by atoms with van der Waals surface area (Å²) >= 11 is 0. The third kappa shape index (κ3) is 3.92. The lowest BCUT2D eigenvalue weighted by molar-refractivity contribution is 0.351. The zero-order valence-electron chi connectivity index (χ0n) is 15.8.